The van der Waals surface area contributed by atoms with Crippen LogP contribution in [0.3, 0.4) is 0 Å². The minimum Gasteiger partial charge on any atom is -0.619 e. The SMILES string of the molecule is CCOC(=O)/C=C(\c1cccc(NS(=O)(=O)c2ccc(OC)cc2)c1)c1ccc[n+]([O-])c1. The molecule has 0 unspecified atom stereocenters. The Kier molecular flexibility index (Phi) is 7.11. The number of methoxy groups -OCH3 is 1. The first-order valence-corrected chi connectivity index (χ1v) is 11.2. The number of carbonyl (C=O) groups excluding carboxylic acids is 1. The van der Waals surface area contributed by atoms with Gasteiger partial charge in [0.25, 0.3) is 10.0 Å². The molecule has 1 heterocycles. The molecule has 1 N–H and O–H groups in total. The summed E-state index contributed by atoms with van der Waals surface area (Å²) in [7, 11) is -2.36. The molecule has 0 bridgehead atoms. The fraction of sp³-hybridized carbons (Fsp3) is 0.130. The minimum atomic E-state index is -3.85. The standard InChI is InChI=1S/C23H22N2O6S/c1-3-31-23(26)15-22(18-7-5-13-25(27)16-18)17-6-4-8-19(14-17)24-32(28,29)21-11-9-20(30-2)10-12-21/h4-16,24H,3H2,1-2H3/b22-15+. The maximum atomic E-state index is 12.8. The quantitative estimate of drug-likeness (QED) is 0.242. The van der Waals surface area contributed by atoms with E-state index in [-0.39, 0.29) is 11.5 Å². The van der Waals surface area contributed by atoms with Gasteiger partial charge in [-0.3, -0.25) is 4.72 Å². The number of pyridine rings is 1. The van der Waals surface area contributed by atoms with E-state index >= 15 is 0 Å². The zero-order valence-electron chi connectivity index (χ0n) is 17.5. The average Bonchev–Trinajstić information content (AvgIpc) is 2.77. The summed E-state index contributed by atoms with van der Waals surface area (Å²) in [4.78, 5) is 12.2. The second-order valence-electron chi connectivity index (χ2n) is 6.62. The molecular weight excluding hydrogens is 432 g/mol. The molecular formula is C23H22N2O6S. The van der Waals surface area contributed by atoms with Crippen molar-refractivity contribution >= 4 is 27.3 Å². The number of esters is 1. The number of sulfonamides is 1. The molecule has 9 heteroatoms. The van der Waals surface area contributed by atoms with Gasteiger partial charge >= 0.3 is 5.97 Å². The highest BCUT2D eigenvalue weighted by molar-refractivity contribution is 7.92. The number of nitrogens with one attached hydrogen (secondary N) is 1. The first-order valence-electron chi connectivity index (χ1n) is 9.67. The van der Waals surface area contributed by atoms with Crippen LogP contribution >= 0.6 is 0 Å². The third kappa shape index (κ3) is 5.64. The Hall–Kier alpha value is -3.85. The van der Waals surface area contributed by atoms with Crippen molar-refractivity contribution in [2.45, 2.75) is 11.8 Å². The Morgan fingerprint density at radius 1 is 1.09 bits per heavy atom. The molecule has 32 heavy (non-hydrogen) atoms. The number of aromatic nitrogens is 1. The van der Waals surface area contributed by atoms with Crippen LogP contribution in [0, 0.1) is 5.21 Å². The fourth-order valence-corrected chi connectivity index (χ4v) is 4.02. The van der Waals surface area contributed by atoms with E-state index < -0.39 is 16.0 Å². The summed E-state index contributed by atoms with van der Waals surface area (Å²) in [5.41, 5.74) is 1.71. The van der Waals surface area contributed by atoms with Crippen LogP contribution < -0.4 is 14.2 Å². The Labute approximate surface area is 186 Å². The Bertz CT molecular complexity index is 1240. The minimum absolute atomic E-state index is 0.0708. The van der Waals surface area contributed by atoms with E-state index in [2.05, 4.69) is 4.72 Å². The number of anilines is 1. The Morgan fingerprint density at radius 3 is 2.47 bits per heavy atom. The molecule has 0 fully saturated rings. The van der Waals surface area contributed by atoms with Gasteiger partial charge in [0, 0.05) is 29.0 Å². The molecule has 1 aromatic heterocycles. The lowest BCUT2D eigenvalue weighted by Crippen LogP contribution is -2.24. The lowest BCUT2D eigenvalue weighted by Gasteiger charge is -2.12. The van der Waals surface area contributed by atoms with Crippen LogP contribution in [0.1, 0.15) is 18.1 Å². The highest BCUT2D eigenvalue weighted by Gasteiger charge is 2.16. The largest absolute Gasteiger partial charge is 0.619 e. The van der Waals surface area contributed by atoms with Crippen LogP contribution in [-0.2, 0) is 19.6 Å². The summed E-state index contributed by atoms with van der Waals surface area (Å²) in [6, 6.07) is 15.7. The summed E-state index contributed by atoms with van der Waals surface area (Å²) < 4.78 is 38.8. The Morgan fingerprint density at radius 2 is 1.81 bits per heavy atom. The first-order chi connectivity index (χ1) is 15.3. The van der Waals surface area contributed by atoms with E-state index in [9.17, 15) is 18.4 Å². The van der Waals surface area contributed by atoms with E-state index in [4.69, 9.17) is 9.47 Å². The molecule has 0 aliphatic heterocycles. The normalized spacial score (nSPS) is 11.6. The van der Waals surface area contributed by atoms with Crippen LogP contribution in [-0.4, -0.2) is 28.1 Å². The van der Waals surface area contributed by atoms with Crippen molar-refractivity contribution in [2.24, 2.45) is 0 Å². The summed E-state index contributed by atoms with van der Waals surface area (Å²) in [6.07, 6.45) is 3.92. The van der Waals surface area contributed by atoms with Crippen molar-refractivity contribution in [2.75, 3.05) is 18.4 Å². The summed E-state index contributed by atoms with van der Waals surface area (Å²) in [6.45, 7) is 1.88. The van der Waals surface area contributed by atoms with Gasteiger partial charge in [-0.25, -0.2) is 13.2 Å². The van der Waals surface area contributed by atoms with Crippen LogP contribution in [0.5, 0.6) is 5.75 Å². The second-order valence-corrected chi connectivity index (χ2v) is 8.31. The van der Waals surface area contributed by atoms with Gasteiger partial charge in [0.15, 0.2) is 12.4 Å². The maximum Gasteiger partial charge on any atom is 0.331 e. The van der Waals surface area contributed by atoms with Gasteiger partial charge in [-0.2, -0.15) is 4.73 Å². The molecule has 2 aromatic carbocycles. The van der Waals surface area contributed by atoms with Gasteiger partial charge in [-0.1, -0.05) is 12.1 Å². The van der Waals surface area contributed by atoms with Crippen molar-refractivity contribution in [3.05, 3.63) is 95.5 Å². The molecule has 0 amide bonds. The number of hydrogen-bond donors (Lipinski definition) is 1. The molecule has 0 spiro atoms. The van der Waals surface area contributed by atoms with E-state index in [0.717, 1.165) is 0 Å². The monoisotopic (exact) mass is 454 g/mol. The second kappa shape index (κ2) is 9.97. The van der Waals surface area contributed by atoms with E-state index in [1.807, 2.05) is 0 Å². The summed E-state index contributed by atoms with van der Waals surface area (Å²) in [5.74, 6) is -0.0359. The molecule has 0 aliphatic carbocycles. The number of benzene rings is 2. The lowest BCUT2D eigenvalue weighted by molar-refractivity contribution is -0.605. The zero-order chi connectivity index (χ0) is 23.1. The highest BCUT2D eigenvalue weighted by atomic mass is 32.2. The van der Waals surface area contributed by atoms with Gasteiger partial charge in [0.2, 0.25) is 0 Å². The van der Waals surface area contributed by atoms with Gasteiger partial charge in [0.1, 0.15) is 5.75 Å². The molecule has 0 atom stereocenters. The molecule has 0 aliphatic rings. The van der Waals surface area contributed by atoms with Crippen molar-refractivity contribution < 1.29 is 27.4 Å². The van der Waals surface area contributed by atoms with E-state index in [1.54, 1.807) is 55.5 Å². The molecule has 166 valence electrons. The van der Waals surface area contributed by atoms with E-state index in [0.29, 0.717) is 32.9 Å². The molecule has 0 saturated heterocycles. The highest BCUT2D eigenvalue weighted by Crippen LogP contribution is 2.26. The van der Waals surface area contributed by atoms with Crippen molar-refractivity contribution in [3.8, 4) is 5.75 Å². The van der Waals surface area contributed by atoms with Crippen molar-refractivity contribution in [1.82, 2.24) is 0 Å². The third-order valence-electron chi connectivity index (χ3n) is 4.43. The lowest BCUT2D eigenvalue weighted by atomic mass is 9.98. The van der Waals surface area contributed by atoms with Crippen LogP contribution in [0.15, 0.2) is 84.0 Å². The predicted octanol–water partition coefficient (Wildman–Crippen LogP) is 3.12. The van der Waals surface area contributed by atoms with Crippen LogP contribution in [0.4, 0.5) is 5.69 Å². The predicted molar refractivity (Wildman–Crippen MR) is 119 cm³/mol. The molecule has 8 nitrogen and oxygen atoms in total. The number of carbonyl (C=O) groups is 1. The van der Waals surface area contributed by atoms with Crippen molar-refractivity contribution in [1.29, 1.82) is 0 Å². The zero-order valence-corrected chi connectivity index (χ0v) is 18.3. The van der Waals surface area contributed by atoms with Gasteiger partial charge in [-0.15, -0.1) is 0 Å². The summed E-state index contributed by atoms with van der Waals surface area (Å²) in [5, 5.41) is 11.8. The maximum absolute atomic E-state index is 12.8. The van der Waals surface area contributed by atoms with E-state index in [1.165, 1.54) is 37.7 Å². The molecule has 0 radical (unpaired) electrons. The van der Waals surface area contributed by atoms with Crippen LogP contribution in [0.25, 0.3) is 5.57 Å². The van der Waals surface area contributed by atoms with Gasteiger partial charge < -0.3 is 14.7 Å². The molecule has 3 aromatic rings. The average molecular weight is 455 g/mol. The fourth-order valence-electron chi connectivity index (χ4n) is 2.97. The topological polar surface area (TPSA) is 109 Å². The van der Waals surface area contributed by atoms with Crippen LogP contribution in [0.2, 0.25) is 0 Å². The first kappa shape index (κ1) is 22.8. The number of rotatable bonds is 8. The van der Waals surface area contributed by atoms with Gasteiger partial charge in [-0.05, 0) is 55.0 Å². The van der Waals surface area contributed by atoms with Gasteiger partial charge in [0.05, 0.1) is 18.6 Å². The Balaban J connectivity index is 1.97. The third-order valence-corrected chi connectivity index (χ3v) is 5.83. The smallest absolute Gasteiger partial charge is 0.331 e. The molecule has 3 rings (SSSR count). The number of ether oxygens (including phenoxy) is 2. The van der Waals surface area contributed by atoms with Crippen molar-refractivity contribution in [3.63, 3.8) is 0 Å². The number of nitrogens with zero attached hydrogens (tertiary/aromatic N) is 1. The summed E-state index contributed by atoms with van der Waals surface area (Å²) >= 11 is 0. The molecule has 0 saturated carbocycles. The number of hydrogen-bond acceptors (Lipinski definition) is 6.